The zero-order valence-electron chi connectivity index (χ0n) is 15.3. The Morgan fingerprint density at radius 2 is 1.88 bits per heavy atom. The van der Waals surface area contributed by atoms with Gasteiger partial charge >= 0.3 is 0 Å². The Labute approximate surface area is 147 Å². The molecule has 0 aliphatic heterocycles. The van der Waals surface area contributed by atoms with Gasteiger partial charge in [0.05, 0.1) is 16.6 Å². The van der Waals surface area contributed by atoms with Crippen LogP contribution in [0.15, 0.2) is 34.9 Å². The Hall–Kier alpha value is -2.69. The van der Waals surface area contributed by atoms with E-state index in [0.717, 1.165) is 11.3 Å². The smallest absolute Gasteiger partial charge is 0.259 e. The molecule has 2 heterocycles. The first kappa shape index (κ1) is 17.1. The largest absolute Gasteiger partial charge is 0.337 e. The molecule has 0 unspecified atom stereocenters. The highest BCUT2D eigenvalue weighted by molar-refractivity contribution is 6.05. The van der Waals surface area contributed by atoms with Crippen LogP contribution in [0.3, 0.4) is 0 Å². The van der Waals surface area contributed by atoms with E-state index >= 15 is 0 Å². The van der Waals surface area contributed by atoms with Gasteiger partial charge in [-0.05, 0) is 31.4 Å². The van der Waals surface area contributed by atoms with Gasteiger partial charge in [-0.2, -0.15) is 0 Å². The van der Waals surface area contributed by atoms with E-state index in [0.29, 0.717) is 28.9 Å². The molecule has 3 rings (SSSR count). The van der Waals surface area contributed by atoms with Crippen LogP contribution >= 0.6 is 0 Å². The van der Waals surface area contributed by atoms with Gasteiger partial charge in [0.1, 0.15) is 0 Å². The molecule has 0 atom stereocenters. The minimum Gasteiger partial charge on any atom is -0.337 e. The third-order valence-electron chi connectivity index (χ3n) is 4.35. The predicted molar refractivity (Wildman–Crippen MR) is 97.6 cm³/mol. The van der Waals surface area contributed by atoms with Crippen LogP contribution in [0.2, 0.25) is 0 Å². The highest BCUT2D eigenvalue weighted by atomic mass is 16.5. The summed E-state index contributed by atoms with van der Waals surface area (Å²) >= 11 is 0. The Morgan fingerprint density at radius 1 is 1.20 bits per heavy atom. The maximum atomic E-state index is 13.1. The monoisotopic (exact) mass is 337 g/mol. The van der Waals surface area contributed by atoms with Crippen LogP contribution in [0.5, 0.6) is 0 Å². The first-order valence-electron chi connectivity index (χ1n) is 8.44. The standard InChI is InChI=1S/C20H23N3O2/c1-12(2)17-10-16(18-14(4)22-25-19(18)21-17)20(24)23(5)11-15-8-6-13(3)7-9-15/h6-10,12H,11H2,1-5H3. The minimum absolute atomic E-state index is 0.0545. The van der Waals surface area contributed by atoms with Gasteiger partial charge in [0.25, 0.3) is 11.6 Å². The van der Waals surface area contributed by atoms with Gasteiger partial charge in [-0.3, -0.25) is 4.79 Å². The molecule has 0 N–H and O–H groups in total. The lowest BCUT2D eigenvalue weighted by Gasteiger charge is -2.18. The number of aryl methyl sites for hydroxylation is 2. The van der Waals surface area contributed by atoms with Crippen molar-refractivity contribution in [3.05, 3.63) is 58.4 Å². The molecule has 0 spiro atoms. The Balaban J connectivity index is 1.97. The number of hydrogen-bond acceptors (Lipinski definition) is 4. The van der Waals surface area contributed by atoms with Crippen molar-refractivity contribution in [2.45, 2.75) is 40.2 Å². The molecule has 0 bridgehead atoms. The lowest BCUT2D eigenvalue weighted by Crippen LogP contribution is -2.26. The number of aromatic nitrogens is 2. The molecule has 1 amide bonds. The number of rotatable bonds is 4. The van der Waals surface area contributed by atoms with E-state index < -0.39 is 0 Å². The topological polar surface area (TPSA) is 59.2 Å². The summed E-state index contributed by atoms with van der Waals surface area (Å²) in [5, 5.41) is 4.68. The van der Waals surface area contributed by atoms with Crippen LogP contribution in [0.4, 0.5) is 0 Å². The summed E-state index contributed by atoms with van der Waals surface area (Å²) in [4.78, 5) is 19.3. The van der Waals surface area contributed by atoms with Gasteiger partial charge in [0, 0.05) is 19.3 Å². The molecule has 0 saturated carbocycles. The number of carbonyl (C=O) groups excluding carboxylic acids is 1. The van der Waals surface area contributed by atoms with E-state index in [1.807, 2.05) is 46.0 Å². The average molecular weight is 337 g/mol. The maximum Gasteiger partial charge on any atom is 0.259 e. The average Bonchev–Trinajstić information content (AvgIpc) is 2.96. The van der Waals surface area contributed by atoms with Gasteiger partial charge in [-0.1, -0.05) is 48.8 Å². The van der Waals surface area contributed by atoms with E-state index in [1.165, 1.54) is 5.56 Å². The van der Waals surface area contributed by atoms with Crippen molar-refractivity contribution in [1.29, 1.82) is 0 Å². The number of carbonyl (C=O) groups is 1. The zero-order chi connectivity index (χ0) is 18.1. The second-order valence-electron chi connectivity index (χ2n) is 6.84. The van der Waals surface area contributed by atoms with Crippen LogP contribution in [-0.4, -0.2) is 28.0 Å². The van der Waals surface area contributed by atoms with Gasteiger partial charge < -0.3 is 9.42 Å². The van der Waals surface area contributed by atoms with Crippen molar-refractivity contribution in [2.75, 3.05) is 7.05 Å². The highest BCUT2D eigenvalue weighted by Gasteiger charge is 2.22. The van der Waals surface area contributed by atoms with Crippen molar-refractivity contribution >= 4 is 17.0 Å². The molecule has 0 fully saturated rings. The fraction of sp³-hybridized carbons (Fsp3) is 0.350. The second-order valence-corrected chi connectivity index (χ2v) is 6.84. The molecule has 0 radical (unpaired) electrons. The quantitative estimate of drug-likeness (QED) is 0.714. The van der Waals surface area contributed by atoms with Crippen LogP contribution in [-0.2, 0) is 6.54 Å². The molecule has 0 saturated heterocycles. The number of pyridine rings is 1. The fourth-order valence-corrected chi connectivity index (χ4v) is 2.82. The van der Waals surface area contributed by atoms with Crippen molar-refractivity contribution < 1.29 is 9.32 Å². The number of fused-ring (bicyclic) bond motifs is 1. The van der Waals surface area contributed by atoms with E-state index in [2.05, 4.69) is 29.2 Å². The molecule has 3 aromatic rings. The summed E-state index contributed by atoms with van der Waals surface area (Å²) in [5.41, 5.74) is 4.84. The molecule has 25 heavy (non-hydrogen) atoms. The first-order chi connectivity index (χ1) is 11.9. The molecule has 5 heteroatoms. The minimum atomic E-state index is -0.0545. The van der Waals surface area contributed by atoms with Crippen LogP contribution < -0.4 is 0 Å². The van der Waals surface area contributed by atoms with Gasteiger partial charge in [0.15, 0.2) is 0 Å². The van der Waals surface area contributed by atoms with E-state index in [9.17, 15) is 4.79 Å². The van der Waals surface area contributed by atoms with Crippen molar-refractivity contribution in [1.82, 2.24) is 15.0 Å². The summed E-state index contributed by atoms with van der Waals surface area (Å²) in [6.07, 6.45) is 0. The fourth-order valence-electron chi connectivity index (χ4n) is 2.82. The van der Waals surface area contributed by atoms with Crippen molar-refractivity contribution in [3.63, 3.8) is 0 Å². The summed E-state index contributed by atoms with van der Waals surface area (Å²) in [5.74, 6) is 0.143. The number of benzene rings is 1. The van der Waals surface area contributed by atoms with Crippen molar-refractivity contribution in [2.24, 2.45) is 0 Å². The molecule has 130 valence electrons. The SMILES string of the molecule is Cc1ccc(CN(C)C(=O)c2cc(C(C)C)nc3onc(C)c23)cc1. The Morgan fingerprint density at radius 3 is 2.52 bits per heavy atom. The van der Waals surface area contributed by atoms with Crippen LogP contribution in [0, 0.1) is 13.8 Å². The van der Waals surface area contributed by atoms with Gasteiger partial charge in [-0.25, -0.2) is 4.98 Å². The van der Waals surface area contributed by atoms with E-state index in [1.54, 1.807) is 4.90 Å². The molecule has 5 nitrogen and oxygen atoms in total. The van der Waals surface area contributed by atoms with Crippen LogP contribution in [0.25, 0.3) is 11.1 Å². The summed E-state index contributed by atoms with van der Waals surface area (Å²) < 4.78 is 5.31. The summed E-state index contributed by atoms with van der Waals surface area (Å²) in [7, 11) is 1.81. The second kappa shape index (κ2) is 6.67. The molecule has 1 aromatic carbocycles. The number of hydrogen-bond donors (Lipinski definition) is 0. The molecular formula is C20H23N3O2. The molecular weight excluding hydrogens is 314 g/mol. The number of nitrogens with zero attached hydrogens (tertiary/aromatic N) is 3. The third-order valence-corrected chi connectivity index (χ3v) is 4.35. The Kier molecular flexibility index (Phi) is 4.57. The molecule has 0 aliphatic rings. The predicted octanol–water partition coefficient (Wildman–Crippen LogP) is 4.24. The zero-order valence-corrected chi connectivity index (χ0v) is 15.3. The van der Waals surface area contributed by atoms with Crippen molar-refractivity contribution in [3.8, 4) is 0 Å². The van der Waals surface area contributed by atoms with Gasteiger partial charge in [-0.15, -0.1) is 0 Å². The van der Waals surface area contributed by atoms with E-state index in [4.69, 9.17) is 4.52 Å². The lowest BCUT2D eigenvalue weighted by atomic mass is 10.0. The first-order valence-corrected chi connectivity index (χ1v) is 8.44. The van der Waals surface area contributed by atoms with Gasteiger partial charge in [0.2, 0.25) is 0 Å². The van der Waals surface area contributed by atoms with E-state index in [-0.39, 0.29) is 11.8 Å². The highest BCUT2D eigenvalue weighted by Crippen LogP contribution is 2.26. The lowest BCUT2D eigenvalue weighted by molar-refractivity contribution is 0.0786. The number of amides is 1. The summed E-state index contributed by atoms with van der Waals surface area (Å²) in [6, 6.07) is 10.1. The maximum absolute atomic E-state index is 13.1. The van der Waals surface area contributed by atoms with Crippen LogP contribution in [0.1, 0.15) is 52.6 Å². The molecule has 0 aliphatic carbocycles. The normalized spacial score (nSPS) is 11.3. The molecule has 2 aromatic heterocycles. The Bertz CT molecular complexity index is 911. The summed E-state index contributed by atoms with van der Waals surface area (Å²) in [6.45, 7) is 8.52. The third kappa shape index (κ3) is 3.40.